The molecule has 3 heteroatoms. The summed E-state index contributed by atoms with van der Waals surface area (Å²) >= 11 is 4.06. The average molecular weight is 176 g/mol. The number of ether oxygens (including phenoxy) is 2. The van der Waals surface area contributed by atoms with Crippen LogP contribution in [0.5, 0.6) is 0 Å². The van der Waals surface area contributed by atoms with Crippen molar-refractivity contribution in [3.63, 3.8) is 0 Å². The number of hydrogen-bond acceptors (Lipinski definition) is 3. The fraction of sp³-hybridized carbons (Fsp3) is 0.750. The van der Waals surface area contributed by atoms with Gasteiger partial charge in [-0.2, -0.15) is 12.6 Å². The van der Waals surface area contributed by atoms with Gasteiger partial charge in [0.1, 0.15) is 0 Å². The normalized spacial score (nSPS) is 13.0. The van der Waals surface area contributed by atoms with Crippen LogP contribution in [0.25, 0.3) is 0 Å². The zero-order chi connectivity index (χ0) is 8.69. The van der Waals surface area contributed by atoms with Gasteiger partial charge in [0.2, 0.25) is 0 Å². The zero-order valence-corrected chi connectivity index (χ0v) is 8.06. The molecule has 0 aliphatic rings. The number of methoxy groups -OCH3 is 1. The predicted octanol–water partition coefficient (Wildman–Crippen LogP) is 1.52. The molecule has 0 N–H and O–H groups in total. The van der Waals surface area contributed by atoms with E-state index in [1.165, 1.54) is 0 Å². The summed E-state index contributed by atoms with van der Waals surface area (Å²) in [6, 6.07) is 0. The van der Waals surface area contributed by atoms with E-state index in [9.17, 15) is 0 Å². The molecule has 0 aromatic rings. The van der Waals surface area contributed by atoms with Crippen molar-refractivity contribution >= 4 is 12.6 Å². The van der Waals surface area contributed by atoms with Gasteiger partial charge >= 0.3 is 0 Å². The summed E-state index contributed by atoms with van der Waals surface area (Å²) in [7, 11) is 1.66. The third-order valence-corrected chi connectivity index (χ3v) is 1.64. The molecule has 0 radical (unpaired) electrons. The van der Waals surface area contributed by atoms with Gasteiger partial charge < -0.3 is 9.47 Å². The van der Waals surface area contributed by atoms with E-state index < -0.39 is 0 Å². The van der Waals surface area contributed by atoms with E-state index in [-0.39, 0.29) is 6.10 Å². The van der Waals surface area contributed by atoms with E-state index in [0.29, 0.717) is 19.0 Å². The maximum absolute atomic E-state index is 5.36. The zero-order valence-electron chi connectivity index (χ0n) is 7.17. The Morgan fingerprint density at radius 3 is 2.73 bits per heavy atom. The van der Waals surface area contributed by atoms with Crippen LogP contribution in [0, 0.1) is 0 Å². The van der Waals surface area contributed by atoms with Crippen LogP contribution in [0.4, 0.5) is 0 Å². The van der Waals surface area contributed by atoms with Crippen LogP contribution in [0.15, 0.2) is 12.2 Å². The summed E-state index contributed by atoms with van der Waals surface area (Å²) < 4.78 is 10.3. The van der Waals surface area contributed by atoms with Crippen molar-refractivity contribution in [2.24, 2.45) is 0 Å². The molecule has 0 aliphatic carbocycles. The topological polar surface area (TPSA) is 18.5 Å². The SMILES string of the molecule is C=C(CS)COC(C)COC. The van der Waals surface area contributed by atoms with Gasteiger partial charge in [0.15, 0.2) is 0 Å². The molecule has 1 unspecified atom stereocenters. The molecule has 0 aromatic carbocycles. The first-order valence-corrected chi connectivity index (χ1v) is 4.22. The van der Waals surface area contributed by atoms with Crippen molar-refractivity contribution in [2.75, 3.05) is 26.1 Å². The molecule has 0 saturated heterocycles. The van der Waals surface area contributed by atoms with Crippen LogP contribution in [0.3, 0.4) is 0 Å². The Kier molecular flexibility index (Phi) is 6.71. The molecule has 0 spiro atoms. The minimum absolute atomic E-state index is 0.136. The molecule has 0 heterocycles. The fourth-order valence-corrected chi connectivity index (χ4v) is 0.680. The van der Waals surface area contributed by atoms with Gasteiger partial charge in [-0.25, -0.2) is 0 Å². The average Bonchev–Trinajstić information content (AvgIpc) is 2.01. The molecule has 0 aliphatic heterocycles. The van der Waals surface area contributed by atoms with E-state index in [2.05, 4.69) is 19.2 Å². The minimum Gasteiger partial charge on any atom is -0.382 e. The smallest absolute Gasteiger partial charge is 0.0784 e. The van der Waals surface area contributed by atoms with E-state index in [4.69, 9.17) is 9.47 Å². The Bertz CT molecular complexity index is 115. The second-order valence-electron chi connectivity index (χ2n) is 2.49. The molecule has 0 saturated carbocycles. The lowest BCUT2D eigenvalue weighted by Crippen LogP contribution is -2.16. The predicted molar refractivity (Wildman–Crippen MR) is 50.3 cm³/mol. The Balaban J connectivity index is 3.29. The molecule has 0 amide bonds. The highest BCUT2D eigenvalue weighted by Gasteiger charge is 2.00. The highest BCUT2D eigenvalue weighted by atomic mass is 32.1. The van der Waals surface area contributed by atoms with Crippen molar-refractivity contribution in [3.8, 4) is 0 Å². The fourth-order valence-electron chi connectivity index (χ4n) is 0.589. The second kappa shape index (κ2) is 6.70. The highest BCUT2D eigenvalue weighted by Crippen LogP contribution is 1.98. The summed E-state index contributed by atoms with van der Waals surface area (Å²) in [4.78, 5) is 0. The lowest BCUT2D eigenvalue weighted by Gasteiger charge is -2.11. The minimum atomic E-state index is 0.136. The van der Waals surface area contributed by atoms with Gasteiger partial charge in [0.05, 0.1) is 19.3 Å². The summed E-state index contributed by atoms with van der Waals surface area (Å²) in [5.74, 6) is 0.680. The molecule has 0 fully saturated rings. The van der Waals surface area contributed by atoms with Crippen LogP contribution in [-0.2, 0) is 9.47 Å². The lowest BCUT2D eigenvalue weighted by atomic mass is 10.3. The number of hydrogen-bond donors (Lipinski definition) is 1. The molecule has 0 rings (SSSR count). The third-order valence-electron chi connectivity index (χ3n) is 1.20. The Morgan fingerprint density at radius 2 is 2.27 bits per heavy atom. The Hall–Kier alpha value is 0.01000. The third kappa shape index (κ3) is 6.41. The van der Waals surface area contributed by atoms with Crippen molar-refractivity contribution < 1.29 is 9.47 Å². The molecule has 2 nitrogen and oxygen atoms in total. The summed E-state index contributed by atoms with van der Waals surface area (Å²) in [5, 5.41) is 0. The maximum atomic E-state index is 5.36. The van der Waals surface area contributed by atoms with Gasteiger partial charge in [-0.1, -0.05) is 6.58 Å². The molecule has 0 aromatic heterocycles. The van der Waals surface area contributed by atoms with Crippen molar-refractivity contribution in [1.29, 1.82) is 0 Å². The van der Waals surface area contributed by atoms with Gasteiger partial charge in [-0.15, -0.1) is 0 Å². The van der Waals surface area contributed by atoms with Gasteiger partial charge in [-0.3, -0.25) is 0 Å². The van der Waals surface area contributed by atoms with Crippen LogP contribution in [0.2, 0.25) is 0 Å². The quantitative estimate of drug-likeness (QED) is 0.488. The van der Waals surface area contributed by atoms with E-state index in [1.54, 1.807) is 7.11 Å². The molecule has 1 atom stereocenters. The first kappa shape index (κ1) is 11.0. The summed E-state index contributed by atoms with van der Waals surface area (Å²) in [6.45, 7) is 6.93. The number of rotatable bonds is 6. The van der Waals surface area contributed by atoms with Gasteiger partial charge in [0, 0.05) is 12.9 Å². The summed E-state index contributed by atoms with van der Waals surface area (Å²) in [5.41, 5.74) is 0.997. The summed E-state index contributed by atoms with van der Waals surface area (Å²) in [6.07, 6.45) is 0.136. The standard InChI is InChI=1S/C8H16O2S/c1-7(6-11)4-10-8(2)5-9-3/h8,11H,1,4-6H2,2-3H3. The van der Waals surface area contributed by atoms with Crippen molar-refractivity contribution in [1.82, 2.24) is 0 Å². The Morgan fingerprint density at radius 1 is 1.64 bits per heavy atom. The van der Waals surface area contributed by atoms with Crippen LogP contribution in [-0.4, -0.2) is 32.2 Å². The second-order valence-corrected chi connectivity index (χ2v) is 2.80. The molecular weight excluding hydrogens is 160 g/mol. The van der Waals surface area contributed by atoms with Gasteiger partial charge in [-0.05, 0) is 12.5 Å². The van der Waals surface area contributed by atoms with E-state index in [0.717, 1.165) is 5.57 Å². The Labute approximate surface area is 74.0 Å². The first-order valence-electron chi connectivity index (χ1n) is 3.58. The van der Waals surface area contributed by atoms with Crippen LogP contribution >= 0.6 is 12.6 Å². The first-order chi connectivity index (χ1) is 5.20. The van der Waals surface area contributed by atoms with Crippen molar-refractivity contribution in [2.45, 2.75) is 13.0 Å². The molecule has 0 bridgehead atoms. The highest BCUT2D eigenvalue weighted by molar-refractivity contribution is 7.80. The largest absolute Gasteiger partial charge is 0.382 e. The molecule has 11 heavy (non-hydrogen) atoms. The van der Waals surface area contributed by atoms with Crippen molar-refractivity contribution in [3.05, 3.63) is 12.2 Å². The van der Waals surface area contributed by atoms with Crippen LogP contribution < -0.4 is 0 Å². The van der Waals surface area contributed by atoms with Crippen LogP contribution in [0.1, 0.15) is 6.92 Å². The number of thiol groups is 1. The van der Waals surface area contributed by atoms with E-state index >= 15 is 0 Å². The van der Waals surface area contributed by atoms with Gasteiger partial charge in [0.25, 0.3) is 0 Å². The molecular formula is C8H16O2S. The molecule has 66 valence electrons. The lowest BCUT2D eigenvalue weighted by molar-refractivity contribution is 0.0202. The maximum Gasteiger partial charge on any atom is 0.0784 e. The monoisotopic (exact) mass is 176 g/mol. The van der Waals surface area contributed by atoms with E-state index in [1.807, 2.05) is 6.92 Å².